The van der Waals surface area contributed by atoms with E-state index in [1.165, 1.54) is 32.1 Å². The lowest BCUT2D eigenvalue weighted by atomic mass is 9.87. The van der Waals surface area contributed by atoms with Crippen molar-refractivity contribution >= 4 is 33.0 Å². The maximum Gasteiger partial charge on any atom is 0.251 e. The molecular formula is C12H19ClN2O2S2. The average Bonchev–Trinajstić information content (AvgIpc) is 2.70. The molecule has 1 aliphatic carbocycles. The summed E-state index contributed by atoms with van der Waals surface area (Å²) in [7, 11) is -3.45. The Balaban J connectivity index is 1.89. The topological polar surface area (TPSA) is 59.1 Å². The lowest BCUT2D eigenvalue weighted by molar-refractivity contribution is 0.340. The quantitative estimate of drug-likeness (QED) is 0.904. The van der Waals surface area contributed by atoms with Gasteiger partial charge in [0.1, 0.15) is 0 Å². The van der Waals surface area contributed by atoms with Gasteiger partial charge in [0.15, 0.2) is 8.68 Å². The molecule has 1 saturated carbocycles. The highest BCUT2D eigenvalue weighted by atomic mass is 35.5. The van der Waals surface area contributed by atoms with Gasteiger partial charge in [0.25, 0.3) is 10.0 Å². The summed E-state index contributed by atoms with van der Waals surface area (Å²) >= 11 is 6.75. The molecule has 0 unspecified atom stereocenters. The van der Waals surface area contributed by atoms with Gasteiger partial charge in [-0.2, -0.15) is 0 Å². The first-order valence-corrected chi connectivity index (χ1v) is 9.29. The zero-order chi connectivity index (χ0) is 13.9. The molecule has 1 fully saturated rings. The molecule has 4 nitrogen and oxygen atoms in total. The van der Waals surface area contributed by atoms with E-state index >= 15 is 0 Å². The van der Waals surface area contributed by atoms with E-state index in [9.17, 15) is 8.42 Å². The van der Waals surface area contributed by atoms with E-state index in [0.29, 0.717) is 18.2 Å². The summed E-state index contributed by atoms with van der Waals surface area (Å²) in [6.45, 7) is 2.17. The van der Waals surface area contributed by atoms with Crippen molar-refractivity contribution in [1.29, 1.82) is 0 Å². The molecule has 0 spiro atoms. The molecule has 0 bridgehead atoms. The second-order valence-electron chi connectivity index (χ2n) is 5.03. The first-order valence-electron chi connectivity index (χ1n) is 6.61. The Hall–Kier alpha value is -0.170. The minimum Gasteiger partial charge on any atom is -0.229 e. The zero-order valence-electron chi connectivity index (χ0n) is 11.0. The summed E-state index contributed by atoms with van der Waals surface area (Å²) < 4.78 is 27.4. The zero-order valence-corrected chi connectivity index (χ0v) is 13.4. The van der Waals surface area contributed by atoms with Gasteiger partial charge in [-0.05, 0) is 19.3 Å². The molecule has 108 valence electrons. The van der Waals surface area contributed by atoms with Crippen LogP contribution >= 0.6 is 22.9 Å². The maximum atomic E-state index is 12.1. The molecular weight excluding hydrogens is 304 g/mol. The Morgan fingerprint density at radius 1 is 1.37 bits per heavy atom. The van der Waals surface area contributed by atoms with E-state index in [4.69, 9.17) is 11.6 Å². The van der Waals surface area contributed by atoms with Crippen LogP contribution in [-0.4, -0.2) is 19.9 Å². The van der Waals surface area contributed by atoms with Crippen LogP contribution in [0, 0.1) is 12.8 Å². The molecule has 1 N–H and O–H groups in total. The van der Waals surface area contributed by atoms with Crippen LogP contribution in [0.2, 0.25) is 4.47 Å². The summed E-state index contributed by atoms with van der Waals surface area (Å²) in [5, 5.41) is 0. The molecule has 1 aromatic rings. The molecule has 19 heavy (non-hydrogen) atoms. The number of aromatic nitrogens is 1. The van der Waals surface area contributed by atoms with Crippen molar-refractivity contribution in [3.05, 3.63) is 10.2 Å². The Morgan fingerprint density at radius 2 is 2.05 bits per heavy atom. The van der Waals surface area contributed by atoms with Gasteiger partial charge < -0.3 is 0 Å². The van der Waals surface area contributed by atoms with Gasteiger partial charge in [-0.25, -0.2) is 18.1 Å². The van der Waals surface area contributed by atoms with Crippen LogP contribution in [0.5, 0.6) is 0 Å². The smallest absolute Gasteiger partial charge is 0.229 e. The van der Waals surface area contributed by atoms with Gasteiger partial charge in [-0.1, -0.05) is 55.0 Å². The molecule has 1 heterocycles. The summed E-state index contributed by atoms with van der Waals surface area (Å²) in [5.74, 6) is 0.669. The fourth-order valence-electron chi connectivity index (χ4n) is 2.54. The number of rotatable bonds is 5. The van der Waals surface area contributed by atoms with Crippen LogP contribution in [0.15, 0.2) is 4.21 Å². The highest BCUT2D eigenvalue weighted by Crippen LogP contribution is 2.28. The van der Waals surface area contributed by atoms with Crippen LogP contribution in [0.25, 0.3) is 0 Å². The number of nitrogens with zero attached hydrogens (tertiary/aromatic N) is 1. The van der Waals surface area contributed by atoms with Gasteiger partial charge in [-0.15, -0.1) is 0 Å². The highest BCUT2D eigenvalue weighted by molar-refractivity contribution is 7.91. The Labute approximate surface area is 123 Å². The molecule has 0 atom stereocenters. The maximum absolute atomic E-state index is 12.1. The van der Waals surface area contributed by atoms with Gasteiger partial charge in [0.2, 0.25) is 0 Å². The molecule has 2 rings (SSSR count). The van der Waals surface area contributed by atoms with Crippen molar-refractivity contribution in [1.82, 2.24) is 9.71 Å². The monoisotopic (exact) mass is 322 g/mol. The third-order valence-corrected chi connectivity index (χ3v) is 6.87. The van der Waals surface area contributed by atoms with Crippen molar-refractivity contribution in [3.8, 4) is 0 Å². The molecule has 1 aromatic heterocycles. The Bertz CT molecular complexity index is 522. The normalized spacial score (nSPS) is 17.8. The van der Waals surface area contributed by atoms with Gasteiger partial charge in [0.05, 0.1) is 5.69 Å². The third-order valence-electron chi connectivity index (χ3n) is 3.54. The first-order chi connectivity index (χ1) is 8.99. The van der Waals surface area contributed by atoms with E-state index in [2.05, 4.69) is 9.71 Å². The lowest BCUT2D eigenvalue weighted by Gasteiger charge is -2.21. The van der Waals surface area contributed by atoms with Crippen LogP contribution in [-0.2, 0) is 10.0 Å². The Morgan fingerprint density at radius 3 is 2.63 bits per heavy atom. The molecule has 1 aliphatic rings. The predicted octanol–water partition coefficient (Wildman–Crippen LogP) is 3.35. The standard InChI is InChI=1S/C12H19ClN2O2S2/c1-9-11(18-12(13)15-9)19(16,17)14-8-7-10-5-3-2-4-6-10/h10,14H,2-8H2,1H3. The number of nitrogens with one attached hydrogen (secondary N) is 1. The fourth-order valence-corrected chi connectivity index (χ4v) is 5.37. The number of hydrogen-bond acceptors (Lipinski definition) is 4. The van der Waals surface area contributed by atoms with E-state index in [0.717, 1.165) is 17.8 Å². The Kier molecular flexibility index (Phi) is 5.22. The van der Waals surface area contributed by atoms with E-state index in [1.807, 2.05) is 0 Å². The number of aryl methyl sites for hydroxylation is 1. The average molecular weight is 323 g/mol. The summed E-state index contributed by atoms with van der Waals surface area (Å²) in [6, 6.07) is 0. The van der Waals surface area contributed by atoms with Gasteiger partial charge in [0, 0.05) is 6.54 Å². The fraction of sp³-hybridized carbons (Fsp3) is 0.750. The molecule has 7 heteroatoms. The van der Waals surface area contributed by atoms with Gasteiger partial charge >= 0.3 is 0 Å². The highest BCUT2D eigenvalue weighted by Gasteiger charge is 2.21. The van der Waals surface area contributed by atoms with Crippen molar-refractivity contribution in [3.63, 3.8) is 0 Å². The largest absolute Gasteiger partial charge is 0.251 e. The minimum atomic E-state index is -3.45. The number of hydrogen-bond donors (Lipinski definition) is 1. The van der Waals surface area contributed by atoms with Crippen LogP contribution in [0.3, 0.4) is 0 Å². The first kappa shape index (κ1) is 15.2. The molecule has 0 aliphatic heterocycles. The predicted molar refractivity (Wildman–Crippen MR) is 78.2 cm³/mol. The van der Waals surface area contributed by atoms with Crippen molar-refractivity contribution in [2.75, 3.05) is 6.54 Å². The number of thiazole rings is 1. The van der Waals surface area contributed by atoms with E-state index < -0.39 is 10.0 Å². The van der Waals surface area contributed by atoms with Gasteiger partial charge in [-0.3, -0.25) is 0 Å². The van der Waals surface area contributed by atoms with Crippen molar-refractivity contribution in [2.45, 2.75) is 49.7 Å². The summed E-state index contributed by atoms with van der Waals surface area (Å²) in [4.78, 5) is 3.94. The van der Waals surface area contributed by atoms with Crippen molar-refractivity contribution < 1.29 is 8.42 Å². The number of halogens is 1. The minimum absolute atomic E-state index is 0.237. The van der Waals surface area contributed by atoms with E-state index in [-0.39, 0.29) is 8.68 Å². The number of sulfonamides is 1. The van der Waals surface area contributed by atoms with Crippen molar-refractivity contribution in [2.24, 2.45) is 5.92 Å². The van der Waals surface area contributed by atoms with Crippen LogP contribution in [0.4, 0.5) is 0 Å². The molecule has 0 aromatic carbocycles. The second kappa shape index (κ2) is 6.52. The summed E-state index contributed by atoms with van der Waals surface area (Å²) in [5.41, 5.74) is 0.472. The molecule has 0 radical (unpaired) electrons. The van der Waals surface area contributed by atoms with E-state index in [1.54, 1.807) is 6.92 Å². The molecule has 0 saturated heterocycles. The third kappa shape index (κ3) is 4.15. The van der Waals surface area contributed by atoms with Crippen LogP contribution < -0.4 is 4.72 Å². The summed E-state index contributed by atoms with van der Waals surface area (Å²) in [6.07, 6.45) is 7.26. The van der Waals surface area contributed by atoms with Crippen LogP contribution in [0.1, 0.15) is 44.2 Å². The second-order valence-corrected chi connectivity index (χ2v) is 8.57. The SMILES string of the molecule is Cc1nc(Cl)sc1S(=O)(=O)NCCC1CCCCC1. The molecule has 0 amide bonds. The lowest BCUT2D eigenvalue weighted by Crippen LogP contribution is -2.26.